The Hall–Kier alpha value is 0.311. The molecule has 0 saturated carbocycles. The maximum absolute atomic E-state index is 12.0. The summed E-state index contributed by atoms with van der Waals surface area (Å²) in [6.45, 7) is -5.10. The minimum atomic E-state index is -5.10. The van der Waals surface area contributed by atoms with Crippen molar-refractivity contribution in [1.29, 1.82) is 0 Å². The average Bonchev–Trinajstić information content (AvgIpc) is 2.03. The van der Waals surface area contributed by atoms with Gasteiger partial charge in [-0.05, 0) is 11.7 Å². The van der Waals surface area contributed by atoms with E-state index in [-0.39, 0.29) is 63.4 Å². The molecule has 0 radical (unpaired) electrons. The van der Waals surface area contributed by atoms with Gasteiger partial charge in [0.05, 0.1) is 5.69 Å². The second-order valence-electron chi connectivity index (χ2n) is 2.18. The fourth-order valence-corrected chi connectivity index (χ4v) is 0.717. The van der Waals surface area contributed by atoms with Crippen LogP contribution in [0.15, 0.2) is 18.2 Å². The Morgan fingerprint density at radius 2 is 1.92 bits per heavy atom. The summed E-state index contributed by atoms with van der Waals surface area (Å²) < 4.78 is 36.0. The third kappa shape index (κ3) is 3.90. The second-order valence-corrected chi connectivity index (χ2v) is 2.18. The van der Waals surface area contributed by atoms with Gasteiger partial charge in [0.2, 0.25) is 0 Å². The number of hydrogen-bond donors (Lipinski definition) is 0. The number of aromatic nitrogens is 1. The van der Waals surface area contributed by atoms with Gasteiger partial charge in [0.1, 0.15) is 0 Å². The van der Waals surface area contributed by atoms with E-state index in [0.717, 1.165) is 12.1 Å². The molecule has 0 amide bonds. The molecule has 2 nitrogen and oxygen atoms in total. The van der Waals surface area contributed by atoms with Gasteiger partial charge in [0.15, 0.2) is 6.29 Å². The molecule has 0 spiro atoms. The summed E-state index contributed by atoms with van der Waals surface area (Å²) >= 11 is 0. The third-order valence-electron chi connectivity index (χ3n) is 1.25. The molecule has 0 bridgehead atoms. The third-order valence-corrected chi connectivity index (χ3v) is 1.25. The summed E-state index contributed by atoms with van der Waals surface area (Å²) in [6.07, 6.45) is 0.283. The van der Waals surface area contributed by atoms with Gasteiger partial charge >= 0.3 is 58.4 Å². The van der Waals surface area contributed by atoms with Crippen LogP contribution in [0.2, 0.25) is 0 Å². The quantitative estimate of drug-likeness (QED) is 0.418. The molecular weight excluding hydrogens is 209 g/mol. The van der Waals surface area contributed by atoms with Crippen molar-refractivity contribution in [1.82, 2.24) is 4.98 Å². The molecule has 1 heterocycles. The van der Waals surface area contributed by atoms with E-state index < -0.39 is 12.6 Å². The zero-order valence-corrected chi connectivity index (χ0v) is 10.00. The van der Waals surface area contributed by atoms with Crippen molar-refractivity contribution in [3.8, 4) is 0 Å². The molecule has 1 aromatic heterocycles. The van der Waals surface area contributed by atoms with Crippen LogP contribution in [0.25, 0.3) is 0 Å². The molecular formula is C6H4BF3KNO. The van der Waals surface area contributed by atoms with Gasteiger partial charge in [-0.25, -0.2) is 0 Å². The fraction of sp³-hybridized carbons (Fsp3) is 0. The molecule has 0 fully saturated rings. The van der Waals surface area contributed by atoms with Crippen LogP contribution >= 0.6 is 0 Å². The first-order chi connectivity index (χ1) is 5.54. The van der Waals surface area contributed by atoms with Crippen LogP contribution in [0.3, 0.4) is 0 Å². The van der Waals surface area contributed by atoms with Crippen molar-refractivity contribution in [2.45, 2.75) is 0 Å². The zero-order chi connectivity index (χ0) is 9.19. The molecule has 13 heavy (non-hydrogen) atoms. The Balaban J connectivity index is 0.00000144. The number of nitrogens with zero attached hydrogens (tertiary/aromatic N) is 1. The van der Waals surface area contributed by atoms with Gasteiger partial charge < -0.3 is 12.9 Å². The molecule has 0 aliphatic rings. The fourth-order valence-electron chi connectivity index (χ4n) is 0.717. The molecule has 0 unspecified atom stereocenters. The normalized spacial score (nSPS) is 10.4. The average molecular weight is 213 g/mol. The van der Waals surface area contributed by atoms with Crippen LogP contribution < -0.4 is 57.0 Å². The van der Waals surface area contributed by atoms with Gasteiger partial charge in [-0.3, -0.25) is 9.78 Å². The number of halogens is 3. The molecule has 0 saturated heterocycles. The van der Waals surface area contributed by atoms with E-state index in [4.69, 9.17) is 0 Å². The number of pyridine rings is 1. The van der Waals surface area contributed by atoms with Crippen molar-refractivity contribution < 1.29 is 69.1 Å². The van der Waals surface area contributed by atoms with Crippen molar-refractivity contribution in [2.75, 3.05) is 0 Å². The maximum atomic E-state index is 12.0. The summed E-state index contributed by atoms with van der Waals surface area (Å²) in [5.41, 5.74) is -1.19. The molecule has 0 aliphatic heterocycles. The SMILES string of the molecule is O=Cc1cccc([B-](F)(F)F)n1.[K+]. The van der Waals surface area contributed by atoms with Crippen molar-refractivity contribution >= 4 is 18.9 Å². The second kappa shape index (κ2) is 5.26. The van der Waals surface area contributed by atoms with E-state index in [0.29, 0.717) is 0 Å². The monoisotopic (exact) mass is 213 g/mol. The van der Waals surface area contributed by atoms with Crippen LogP contribution in [0.1, 0.15) is 10.5 Å². The Morgan fingerprint density at radius 3 is 2.38 bits per heavy atom. The Bertz CT molecular complexity index is 304. The number of aldehydes is 1. The molecule has 0 N–H and O–H groups in total. The van der Waals surface area contributed by atoms with Gasteiger partial charge in [-0.15, -0.1) is 0 Å². The van der Waals surface area contributed by atoms with E-state index in [2.05, 4.69) is 4.98 Å². The summed E-state index contributed by atoms with van der Waals surface area (Å²) in [5, 5.41) is 0. The minimum Gasteiger partial charge on any atom is -0.444 e. The van der Waals surface area contributed by atoms with Gasteiger partial charge in [-0.1, -0.05) is 12.1 Å². The molecule has 0 aromatic carbocycles. The van der Waals surface area contributed by atoms with Crippen LogP contribution in [0, 0.1) is 0 Å². The Kier molecular flexibility index (Phi) is 5.38. The summed E-state index contributed by atoms with van der Waals surface area (Å²) in [7, 11) is 0. The van der Waals surface area contributed by atoms with E-state index in [1.807, 2.05) is 0 Å². The Labute approximate surface area is 115 Å². The molecule has 0 aliphatic carbocycles. The summed E-state index contributed by atoms with van der Waals surface area (Å²) in [4.78, 5) is 13.2. The molecule has 1 rings (SSSR count). The predicted molar refractivity (Wildman–Crippen MR) is 38.3 cm³/mol. The standard InChI is InChI=1S/C6H4BF3NO.K/c8-7(9,10)6-3-1-2-5(4-12)11-6;/h1-4H;/q-1;+1. The largest absolute Gasteiger partial charge is 1.00 e. The summed E-state index contributed by atoms with van der Waals surface area (Å²) in [5.74, 6) is 0. The predicted octanol–water partition coefficient (Wildman–Crippen LogP) is -2.05. The van der Waals surface area contributed by atoms with Crippen LogP contribution in [0.4, 0.5) is 12.9 Å². The zero-order valence-electron chi connectivity index (χ0n) is 6.88. The van der Waals surface area contributed by atoms with Gasteiger partial charge in [0, 0.05) is 0 Å². The van der Waals surface area contributed by atoms with Gasteiger partial charge in [0.25, 0.3) is 0 Å². The first kappa shape index (κ1) is 13.3. The molecule has 0 atom stereocenters. The van der Waals surface area contributed by atoms with E-state index in [1.54, 1.807) is 0 Å². The van der Waals surface area contributed by atoms with Crippen molar-refractivity contribution in [3.63, 3.8) is 0 Å². The number of rotatable bonds is 2. The first-order valence-corrected chi connectivity index (χ1v) is 3.16. The molecule has 7 heteroatoms. The van der Waals surface area contributed by atoms with E-state index in [9.17, 15) is 17.7 Å². The number of carbonyl (C=O) groups is 1. The summed E-state index contributed by atoms with van der Waals surface area (Å²) in [6, 6.07) is 3.21. The maximum Gasteiger partial charge on any atom is 1.00 e. The van der Waals surface area contributed by atoms with Gasteiger partial charge in [-0.2, -0.15) is 0 Å². The van der Waals surface area contributed by atoms with Crippen LogP contribution in [-0.4, -0.2) is 18.2 Å². The number of carbonyl (C=O) groups excluding carboxylic acids is 1. The van der Waals surface area contributed by atoms with Crippen LogP contribution in [-0.2, 0) is 0 Å². The minimum absolute atomic E-state index is 0. The smallest absolute Gasteiger partial charge is 0.444 e. The number of hydrogen-bond acceptors (Lipinski definition) is 2. The Morgan fingerprint density at radius 1 is 1.31 bits per heavy atom. The first-order valence-electron chi connectivity index (χ1n) is 3.16. The van der Waals surface area contributed by atoms with Crippen LogP contribution in [0.5, 0.6) is 0 Å². The van der Waals surface area contributed by atoms with E-state index in [1.165, 1.54) is 6.07 Å². The van der Waals surface area contributed by atoms with E-state index >= 15 is 0 Å². The topological polar surface area (TPSA) is 30.0 Å². The van der Waals surface area contributed by atoms with Crippen molar-refractivity contribution in [2.24, 2.45) is 0 Å². The molecule has 1 aromatic rings. The van der Waals surface area contributed by atoms with Crippen molar-refractivity contribution in [3.05, 3.63) is 23.9 Å². The molecule has 64 valence electrons.